The van der Waals surface area contributed by atoms with Crippen molar-refractivity contribution in [2.24, 2.45) is 0 Å². The molecule has 0 fully saturated rings. The van der Waals surface area contributed by atoms with Crippen molar-refractivity contribution in [2.45, 2.75) is 45.1 Å². The van der Waals surface area contributed by atoms with E-state index in [2.05, 4.69) is 4.98 Å². The minimum atomic E-state index is -0.0811. The van der Waals surface area contributed by atoms with Gasteiger partial charge in [0.25, 0.3) is 0 Å². The molecule has 0 aliphatic rings. The number of alkyl halides is 1. The Morgan fingerprint density at radius 3 is 2.67 bits per heavy atom. The molecular weight excluding hydrogens is 270 g/mol. The van der Waals surface area contributed by atoms with Crippen LogP contribution in [0, 0.1) is 0 Å². The summed E-state index contributed by atoms with van der Waals surface area (Å²) in [6, 6.07) is 0. The Balaban J connectivity index is 1.99. The molecule has 0 saturated carbocycles. The molecule has 0 aliphatic carbocycles. The van der Waals surface area contributed by atoms with Gasteiger partial charge < -0.3 is 9.47 Å². The third-order valence-corrected chi connectivity index (χ3v) is 3.41. The molecule has 0 amide bonds. The fraction of sp³-hybridized carbons (Fsp3) is 0.769. The van der Waals surface area contributed by atoms with Gasteiger partial charge in [-0.25, -0.2) is 4.98 Å². The maximum absolute atomic E-state index is 5.70. The molecule has 0 unspecified atom stereocenters. The molecule has 0 spiro atoms. The lowest BCUT2D eigenvalue weighted by atomic mass is 10.2. The van der Waals surface area contributed by atoms with E-state index in [1.165, 1.54) is 0 Å². The highest BCUT2D eigenvalue weighted by Crippen LogP contribution is 2.13. The lowest BCUT2D eigenvalue weighted by Crippen LogP contribution is -2.21. The first-order chi connectivity index (χ1) is 8.51. The summed E-state index contributed by atoms with van der Waals surface area (Å²) in [5.74, 6) is 0.497. The smallest absolute Gasteiger partial charge is 0.0929 e. The standard InChI is InChI=1S/C13H22ClNO2S/c1-13(2,3)17-8-7-16-6-4-5-12-15-11(9-14)10-18-12/h10H,4-9H2,1-3H3. The zero-order chi connectivity index (χ0) is 13.4. The third kappa shape index (κ3) is 7.31. The molecule has 1 heterocycles. The molecule has 3 nitrogen and oxygen atoms in total. The molecule has 0 aliphatic heterocycles. The molecule has 0 bridgehead atoms. The monoisotopic (exact) mass is 291 g/mol. The summed E-state index contributed by atoms with van der Waals surface area (Å²) in [4.78, 5) is 4.40. The summed E-state index contributed by atoms with van der Waals surface area (Å²) in [6.45, 7) is 8.19. The van der Waals surface area contributed by atoms with Crippen molar-refractivity contribution in [1.82, 2.24) is 4.98 Å². The summed E-state index contributed by atoms with van der Waals surface area (Å²) in [5, 5.41) is 3.15. The summed E-state index contributed by atoms with van der Waals surface area (Å²) in [6.07, 6.45) is 1.95. The van der Waals surface area contributed by atoms with Crippen molar-refractivity contribution in [3.8, 4) is 0 Å². The van der Waals surface area contributed by atoms with Crippen molar-refractivity contribution in [3.63, 3.8) is 0 Å². The van der Waals surface area contributed by atoms with E-state index < -0.39 is 0 Å². The van der Waals surface area contributed by atoms with E-state index in [9.17, 15) is 0 Å². The summed E-state index contributed by atoms with van der Waals surface area (Å²) >= 11 is 7.37. The van der Waals surface area contributed by atoms with Gasteiger partial charge in [0.15, 0.2) is 0 Å². The van der Waals surface area contributed by atoms with Crippen molar-refractivity contribution in [1.29, 1.82) is 0 Å². The van der Waals surface area contributed by atoms with Crippen LogP contribution in [0.25, 0.3) is 0 Å². The summed E-state index contributed by atoms with van der Waals surface area (Å²) < 4.78 is 11.1. The lowest BCUT2D eigenvalue weighted by Gasteiger charge is -2.19. The van der Waals surface area contributed by atoms with Crippen LogP contribution in [0.15, 0.2) is 5.38 Å². The number of aromatic nitrogens is 1. The van der Waals surface area contributed by atoms with Crippen LogP contribution >= 0.6 is 22.9 Å². The van der Waals surface area contributed by atoms with E-state index in [4.69, 9.17) is 21.1 Å². The van der Waals surface area contributed by atoms with Gasteiger partial charge in [0, 0.05) is 18.4 Å². The van der Waals surface area contributed by atoms with Crippen molar-refractivity contribution < 1.29 is 9.47 Å². The Morgan fingerprint density at radius 2 is 2.06 bits per heavy atom. The maximum atomic E-state index is 5.70. The zero-order valence-corrected chi connectivity index (χ0v) is 12.9. The number of nitrogens with zero attached hydrogens (tertiary/aromatic N) is 1. The molecule has 0 saturated heterocycles. The third-order valence-electron chi connectivity index (χ3n) is 2.18. The van der Waals surface area contributed by atoms with Gasteiger partial charge in [0.2, 0.25) is 0 Å². The summed E-state index contributed by atoms with van der Waals surface area (Å²) in [5.41, 5.74) is 0.888. The molecule has 1 rings (SSSR count). The fourth-order valence-electron chi connectivity index (χ4n) is 1.36. The largest absolute Gasteiger partial charge is 0.379 e. The van der Waals surface area contributed by atoms with E-state index in [0.717, 1.165) is 30.2 Å². The van der Waals surface area contributed by atoms with Crippen molar-refractivity contribution in [3.05, 3.63) is 16.1 Å². The highest BCUT2D eigenvalue weighted by atomic mass is 35.5. The number of aryl methyl sites for hydroxylation is 1. The predicted octanol–water partition coefficient (Wildman–Crippen LogP) is 3.65. The molecule has 18 heavy (non-hydrogen) atoms. The first kappa shape index (κ1) is 15.9. The van der Waals surface area contributed by atoms with Gasteiger partial charge in [0.05, 0.1) is 35.4 Å². The molecule has 1 aromatic rings. The number of hydrogen-bond donors (Lipinski definition) is 0. The van der Waals surface area contributed by atoms with E-state index in [-0.39, 0.29) is 5.60 Å². The minimum Gasteiger partial charge on any atom is -0.379 e. The molecule has 104 valence electrons. The molecule has 0 radical (unpaired) electrons. The van der Waals surface area contributed by atoms with Gasteiger partial charge in [-0.3, -0.25) is 0 Å². The zero-order valence-electron chi connectivity index (χ0n) is 11.4. The Labute approximate surface area is 118 Å². The fourth-order valence-corrected chi connectivity index (χ4v) is 2.43. The Kier molecular flexibility index (Phi) is 7.15. The van der Waals surface area contributed by atoms with Crippen molar-refractivity contribution in [2.75, 3.05) is 19.8 Å². The molecule has 5 heteroatoms. The Bertz CT molecular complexity index is 336. The van der Waals surface area contributed by atoms with E-state index in [1.54, 1.807) is 11.3 Å². The van der Waals surface area contributed by atoms with Crippen LogP contribution in [0.3, 0.4) is 0 Å². The van der Waals surface area contributed by atoms with Crippen LogP contribution in [0.2, 0.25) is 0 Å². The van der Waals surface area contributed by atoms with Crippen LogP contribution in [0.1, 0.15) is 37.9 Å². The first-order valence-electron chi connectivity index (χ1n) is 6.22. The van der Waals surface area contributed by atoms with E-state index in [0.29, 0.717) is 19.1 Å². The lowest BCUT2D eigenvalue weighted by molar-refractivity contribution is -0.0350. The molecule has 1 aromatic heterocycles. The Morgan fingerprint density at radius 1 is 1.28 bits per heavy atom. The second-order valence-electron chi connectivity index (χ2n) is 5.04. The molecule has 0 aromatic carbocycles. The van der Waals surface area contributed by atoms with Gasteiger partial charge in [0.1, 0.15) is 0 Å². The number of thiazole rings is 1. The average Bonchev–Trinajstić information content (AvgIpc) is 2.74. The predicted molar refractivity (Wildman–Crippen MR) is 76.5 cm³/mol. The average molecular weight is 292 g/mol. The normalized spacial score (nSPS) is 12.0. The number of ether oxygens (including phenoxy) is 2. The highest BCUT2D eigenvalue weighted by Gasteiger charge is 2.08. The molecule has 0 N–H and O–H groups in total. The van der Waals surface area contributed by atoms with Gasteiger partial charge in [-0.1, -0.05) is 0 Å². The van der Waals surface area contributed by atoms with E-state index in [1.807, 2.05) is 26.2 Å². The number of hydrogen-bond acceptors (Lipinski definition) is 4. The number of halogens is 1. The summed E-state index contributed by atoms with van der Waals surface area (Å²) in [7, 11) is 0. The molecular formula is C13H22ClNO2S. The second-order valence-corrected chi connectivity index (χ2v) is 6.25. The number of rotatable bonds is 8. The second kappa shape index (κ2) is 8.10. The van der Waals surface area contributed by atoms with Crippen LogP contribution in [0.4, 0.5) is 0 Å². The maximum Gasteiger partial charge on any atom is 0.0929 e. The van der Waals surface area contributed by atoms with Crippen LogP contribution in [-0.2, 0) is 21.8 Å². The Hall–Kier alpha value is -0.160. The van der Waals surface area contributed by atoms with Crippen LogP contribution in [-0.4, -0.2) is 30.4 Å². The van der Waals surface area contributed by atoms with Gasteiger partial charge in [-0.2, -0.15) is 0 Å². The van der Waals surface area contributed by atoms with E-state index >= 15 is 0 Å². The quantitative estimate of drug-likeness (QED) is 0.541. The van der Waals surface area contributed by atoms with Gasteiger partial charge in [-0.05, 0) is 27.2 Å². The molecule has 0 atom stereocenters. The topological polar surface area (TPSA) is 31.4 Å². The minimum absolute atomic E-state index is 0.0811. The van der Waals surface area contributed by atoms with Gasteiger partial charge >= 0.3 is 0 Å². The van der Waals surface area contributed by atoms with Crippen molar-refractivity contribution >= 4 is 22.9 Å². The first-order valence-corrected chi connectivity index (χ1v) is 7.63. The van der Waals surface area contributed by atoms with Crippen LogP contribution in [0.5, 0.6) is 0 Å². The van der Waals surface area contributed by atoms with Gasteiger partial charge in [-0.15, -0.1) is 22.9 Å². The highest BCUT2D eigenvalue weighted by molar-refractivity contribution is 7.09. The SMILES string of the molecule is CC(C)(C)OCCOCCCc1nc(CCl)cs1. The van der Waals surface area contributed by atoms with Crippen LogP contribution < -0.4 is 0 Å².